The monoisotopic (exact) mass is 401 g/mol. The summed E-state index contributed by atoms with van der Waals surface area (Å²) in [5.41, 5.74) is -0.768. The topological polar surface area (TPSA) is 119 Å². The van der Waals surface area contributed by atoms with E-state index in [1.165, 1.54) is 11.4 Å². The number of carbonyl (C=O) groups is 2. The smallest absolute Gasteiger partial charge is 0.331 e. The van der Waals surface area contributed by atoms with E-state index in [1.54, 1.807) is 27.7 Å². The van der Waals surface area contributed by atoms with Gasteiger partial charge in [0.1, 0.15) is 16.1 Å². The molecule has 1 aliphatic heterocycles. The maximum absolute atomic E-state index is 12.8. The lowest BCUT2D eigenvalue weighted by Gasteiger charge is -2.33. The first-order valence-corrected chi connectivity index (χ1v) is 10.3. The molecule has 0 aromatic carbocycles. The highest BCUT2D eigenvalue weighted by Gasteiger charge is 2.39. The summed E-state index contributed by atoms with van der Waals surface area (Å²) in [6.45, 7) is 6.98. The predicted molar refractivity (Wildman–Crippen MR) is 96.3 cm³/mol. The molecule has 1 unspecified atom stereocenters. The van der Waals surface area contributed by atoms with E-state index < -0.39 is 21.5 Å². The van der Waals surface area contributed by atoms with Crippen LogP contribution in [0.4, 0.5) is 0 Å². The second kappa shape index (κ2) is 7.97. The summed E-state index contributed by atoms with van der Waals surface area (Å²) in [4.78, 5) is 24.6. The molecule has 27 heavy (non-hydrogen) atoms. The van der Waals surface area contributed by atoms with Gasteiger partial charge in [-0.1, -0.05) is 12.1 Å². The molecule has 1 aromatic heterocycles. The van der Waals surface area contributed by atoms with Gasteiger partial charge in [0.05, 0.1) is 7.11 Å². The Bertz CT molecular complexity index is 791. The Kier molecular flexibility index (Phi) is 6.31. The van der Waals surface area contributed by atoms with Gasteiger partial charge in [-0.15, -0.1) is 0 Å². The molecule has 1 amide bonds. The van der Waals surface area contributed by atoms with Crippen LogP contribution >= 0.6 is 0 Å². The third-order valence-electron chi connectivity index (χ3n) is 5.13. The van der Waals surface area contributed by atoms with Gasteiger partial charge in [-0.05, 0) is 40.0 Å². The minimum atomic E-state index is -3.72. The summed E-state index contributed by atoms with van der Waals surface area (Å²) < 4.78 is 36.8. The van der Waals surface area contributed by atoms with Crippen LogP contribution in [0, 0.1) is 19.8 Å². The number of methoxy groups -OCH3 is 1. The van der Waals surface area contributed by atoms with Gasteiger partial charge in [0.2, 0.25) is 15.9 Å². The summed E-state index contributed by atoms with van der Waals surface area (Å²) >= 11 is 0. The van der Waals surface area contributed by atoms with Gasteiger partial charge in [-0.2, -0.15) is 4.31 Å². The number of hydrogen-bond donors (Lipinski definition) is 1. The van der Waals surface area contributed by atoms with Crippen molar-refractivity contribution in [2.45, 2.75) is 57.4 Å². The van der Waals surface area contributed by atoms with E-state index in [9.17, 15) is 18.0 Å². The van der Waals surface area contributed by atoms with Crippen molar-refractivity contribution < 1.29 is 27.3 Å². The fourth-order valence-corrected chi connectivity index (χ4v) is 4.97. The van der Waals surface area contributed by atoms with Crippen molar-refractivity contribution in [2.75, 3.05) is 20.2 Å². The van der Waals surface area contributed by atoms with Gasteiger partial charge in [0.15, 0.2) is 5.76 Å². The molecular formula is C17H27N3O6S. The average molecular weight is 401 g/mol. The number of amides is 1. The van der Waals surface area contributed by atoms with Crippen LogP contribution in [0.25, 0.3) is 0 Å². The zero-order chi connectivity index (χ0) is 20.4. The number of piperidine rings is 1. The van der Waals surface area contributed by atoms with E-state index in [1.807, 2.05) is 0 Å². The number of aryl methyl sites for hydroxylation is 2. The molecule has 1 aromatic rings. The molecule has 0 aliphatic carbocycles. The number of sulfonamides is 1. The quantitative estimate of drug-likeness (QED) is 0.710. The number of esters is 1. The zero-order valence-corrected chi connectivity index (χ0v) is 17.2. The molecule has 152 valence electrons. The van der Waals surface area contributed by atoms with Crippen molar-refractivity contribution in [2.24, 2.45) is 5.92 Å². The molecule has 1 N–H and O–H groups in total. The van der Waals surface area contributed by atoms with Gasteiger partial charge < -0.3 is 14.6 Å². The van der Waals surface area contributed by atoms with Crippen LogP contribution in [-0.4, -0.2) is 55.5 Å². The van der Waals surface area contributed by atoms with Gasteiger partial charge >= 0.3 is 5.97 Å². The molecule has 2 rings (SSSR count). The van der Waals surface area contributed by atoms with Gasteiger partial charge in [0, 0.05) is 19.0 Å². The first-order chi connectivity index (χ1) is 12.6. The average Bonchev–Trinajstić information content (AvgIpc) is 2.99. The number of ether oxygens (including phenoxy) is 1. The van der Waals surface area contributed by atoms with Crippen LogP contribution in [-0.2, 0) is 24.3 Å². The van der Waals surface area contributed by atoms with Crippen LogP contribution in [0.5, 0.6) is 0 Å². The molecule has 1 aliphatic rings. The highest BCUT2D eigenvalue weighted by atomic mass is 32.2. The minimum Gasteiger partial charge on any atom is -0.467 e. The second-order valence-corrected chi connectivity index (χ2v) is 8.87. The van der Waals surface area contributed by atoms with E-state index in [2.05, 4.69) is 10.5 Å². The summed E-state index contributed by atoms with van der Waals surface area (Å²) in [6, 6.07) is 0. The van der Waals surface area contributed by atoms with Crippen LogP contribution in [0.2, 0.25) is 0 Å². The van der Waals surface area contributed by atoms with E-state index in [4.69, 9.17) is 9.26 Å². The fourth-order valence-electron chi connectivity index (χ4n) is 3.21. The third-order valence-corrected chi connectivity index (χ3v) is 7.28. The van der Waals surface area contributed by atoms with Crippen molar-refractivity contribution >= 4 is 21.9 Å². The molecule has 10 heteroatoms. The van der Waals surface area contributed by atoms with E-state index in [0.29, 0.717) is 25.0 Å². The van der Waals surface area contributed by atoms with Crippen molar-refractivity contribution in [3.63, 3.8) is 0 Å². The Morgan fingerprint density at radius 2 is 1.93 bits per heavy atom. The molecule has 1 saturated heterocycles. The Balaban J connectivity index is 2.05. The molecular weight excluding hydrogens is 374 g/mol. The summed E-state index contributed by atoms with van der Waals surface area (Å²) in [7, 11) is -2.44. The Hall–Kier alpha value is -1.94. The molecule has 1 fully saturated rings. The molecule has 9 nitrogen and oxygen atoms in total. The van der Waals surface area contributed by atoms with Gasteiger partial charge in [-0.3, -0.25) is 4.79 Å². The summed E-state index contributed by atoms with van der Waals surface area (Å²) in [6.07, 6.45) is 1.13. The summed E-state index contributed by atoms with van der Waals surface area (Å²) in [5, 5.41) is 6.46. The summed E-state index contributed by atoms with van der Waals surface area (Å²) in [5.74, 6) is -0.878. The molecule has 0 bridgehead atoms. The van der Waals surface area contributed by atoms with Crippen molar-refractivity contribution in [3.8, 4) is 0 Å². The maximum atomic E-state index is 12.8. The van der Waals surface area contributed by atoms with Crippen LogP contribution in [0.1, 0.15) is 44.6 Å². The lowest BCUT2D eigenvalue weighted by Crippen LogP contribution is -2.55. The number of hydrogen-bond acceptors (Lipinski definition) is 7. The first kappa shape index (κ1) is 21.4. The molecule has 2 heterocycles. The largest absolute Gasteiger partial charge is 0.467 e. The van der Waals surface area contributed by atoms with Gasteiger partial charge in [0.25, 0.3) is 0 Å². The molecule has 0 radical (unpaired) electrons. The number of nitrogens with zero attached hydrogens (tertiary/aromatic N) is 2. The Labute approximate surface area is 159 Å². The normalized spacial score (nSPS) is 18.7. The van der Waals surface area contributed by atoms with Crippen LogP contribution in [0.3, 0.4) is 0 Å². The molecule has 0 spiro atoms. The van der Waals surface area contributed by atoms with E-state index >= 15 is 0 Å². The number of rotatable bonds is 6. The Morgan fingerprint density at radius 3 is 2.37 bits per heavy atom. The minimum absolute atomic E-state index is 0.0923. The standard InChI is InChI=1S/C17H27N3O6S/c1-6-17(4,16(22)25-5)18-15(21)13-7-9-20(10-8-13)27(23,24)14-11(2)19-26-12(14)3/h13H,6-10H2,1-5H3,(H,18,21). The van der Waals surface area contributed by atoms with Crippen molar-refractivity contribution in [1.29, 1.82) is 0 Å². The van der Waals surface area contributed by atoms with Crippen LogP contribution in [0.15, 0.2) is 9.42 Å². The number of nitrogens with one attached hydrogen (secondary N) is 1. The number of carbonyl (C=O) groups excluding carboxylic acids is 2. The first-order valence-electron chi connectivity index (χ1n) is 8.90. The van der Waals surface area contributed by atoms with E-state index in [-0.39, 0.29) is 35.6 Å². The predicted octanol–water partition coefficient (Wildman–Crippen LogP) is 1.15. The van der Waals surface area contributed by atoms with Gasteiger partial charge in [-0.25, -0.2) is 13.2 Å². The van der Waals surface area contributed by atoms with Crippen molar-refractivity contribution in [3.05, 3.63) is 11.5 Å². The molecule has 1 atom stereocenters. The third kappa shape index (κ3) is 4.16. The van der Waals surface area contributed by atoms with Crippen LogP contribution < -0.4 is 5.32 Å². The Morgan fingerprint density at radius 1 is 1.33 bits per heavy atom. The van der Waals surface area contributed by atoms with E-state index in [0.717, 1.165) is 0 Å². The molecule has 0 saturated carbocycles. The maximum Gasteiger partial charge on any atom is 0.331 e. The number of aromatic nitrogens is 1. The lowest BCUT2D eigenvalue weighted by molar-refractivity contribution is -0.151. The lowest BCUT2D eigenvalue weighted by atomic mass is 9.93. The zero-order valence-electron chi connectivity index (χ0n) is 16.4. The highest BCUT2D eigenvalue weighted by molar-refractivity contribution is 7.89. The SMILES string of the molecule is CCC(C)(NC(=O)C1CCN(S(=O)(=O)c2c(C)noc2C)CC1)C(=O)OC. The van der Waals surface area contributed by atoms with Crippen molar-refractivity contribution in [1.82, 2.24) is 14.8 Å². The second-order valence-electron chi connectivity index (χ2n) is 7.00. The fraction of sp³-hybridized carbons (Fsp3) is 0.706. The highest BCUT2D eigenvalue weighted by Crippen LogP contribution is 2.28.